The van der Waals surface area contributed by atoms with Crippen LogP contribution in [0.4, 0.5) is 0 Å². The number of nitrogens with zero attached hydrogens (tertiary/aromatic N) is 1. The van der Waals surface area contributed by atoms with Crippen LogP contribution in [0.5, 0.6) is 0 Å². The minimum absolute atomic E-state index is 0.603. The van der Waals surface area contributed by atoms with Crippen molar-refractivity contribution in [3.05, 3.63) is 133 Å². The summed E-state index contributed by atoms with van der Waals surface area (Å²) in [5.41, 5.74) is 12.6. The zero-order valence-corrected chi connectivity index (χ0v) is 24.7. The molecular weight excluding hydrogens is 566 g/mol. The highest BCUT2D eigenvalue weighted by molar-refractivity contribution is 6.09. The van der Waals surface area contributed by atoms with Crippen molar-refractivity contribution >= 4 is 60.9 Å². The lowest BCUT2D eigenvalue weighted by Gasteiger charge is -2.07. The third-order valence-electron chi connectivity index (χ3n) is 10.0. The minimum atomic E-state index is 0.603. The predicted molar refractivity (Wildman–Crippen MR) is 185 cm³/mol. The summed E-state index contributed by atoms with van der Waals surface area (Å²) in [6, 6.07) is 36.3. The molecule has 4 aromatic heterocycles. The van der Waals surface area contributed by atoms with Gasteiger partial charge in [-0.1, -0.05) is 48.5 Å². The molecule has 0 spiro atoms. The fourth-order valence-corrected chi connectivity index (χ4v) is 7.59. The molecule has 4 nitrogen and oxygen atoms in total. The van der Waals surface area contributed by atoms with E-state index in [1.807, 2.05) is 24.5 Å². The Balaban J connectivity index is 0.997. The summed E-state index contributed by atoms with van der Waals surface area (Å²) in [5, 5.41) is 5.68. The minimum Gasteiger partial charge on any atom is -0.456 e. The molecule has 46 heavy (non-hydrogen) atoms. The molecule has 0 bridgehead atoms. The van der Waals surface area contributed by atoms with Crippen molar-refractivity contribution in [1.29, 1.82) is 0 Å². The molecule has 1 fully saturated rings. The number of benzene rings is 5. The Morgan fingerprint density at radius 3 is 1.65 bits per heavy atom. The van der Waals surface area contributed by atoms with Crippen LogP contribution < -0.4 is 0 Å². The van der Waals surface area contributed by atoms with Crippen LogP contribution in [0.2, 0.25) is 0 Å². The van der Waals surface area contributed by atoms with Crippen LogP contribution in [0.25, 0.3) is 94.3 Å². The van der Waals surface area contributed by atoms with Gasteiger partial charge in [0.1, 0.15) is 33.7 Å². The van der Waals surface area contributed by atoms with Crippen LogP contribution in [0, 0.1) is 5.92 Å². The van der Waals surface area contributed by atoms with E-state index in [1.165, 1.54) is 17.4 Å². The first kappa shape index (κ1) is 24.5. The number of fused-ring (bicyclic) bond motifs is 11. The van der Waals surface area contributed by atoms with Gasteiger partial charge in [-0.15, -0.1) is 0 Å². The second kappa shape index (κ2) is 8.86. The van der Waals surface area contributed by atoms with Gasteiger partial charge >= 0.3 is 0 Å². The Bertz CT molecular complexity index is 2750. The van der Waals surface area contributed by atoms with E-state index >= 15 is 0 Å². The van der Waals surface area contributed by atoms with Crippen molar-refractivity contribution in [3.8, 4) is 33.4 Å². The van der Waals surface area contributed by atoms with Crippen LogP contribution in [0.1, 0.15) is 23.7 Å². The van der Waals surface area contributed by atoms with Gasteiger partial charge in [-0.3, -0.25) is 4.98 Å². The van der Waals surface area contributed by atoms with Gasteiger partial charge in [-0.05, 0) is 107 Å². The summed E-state index contributed by atoms with van der Waals surface area (Å²) >= 11 is 0. The normalized spacial score (nSPS) is 17.0. The van der Waals surface area contributed by atoms with Crippen molar-refractivity contribution in [2.45, 2.75) is 12.3 Å². The van der Waals surface area contributed by atoms with Crippen molar-refractivity contribution in [1.82, 2.24) is 4.98 Å². The second-order valence-corrected chi connectivity index (χ2v) is 12.8. The lowest BCUT2D eigenvalue weighted by molar-refractivity contribution is 0.596. The maximum Gasteiger partial charge on any atom is 0.135 e. The highest BCUT2D eigenvalue weighted by Gasteiger charge is 2.42. The van der Waals surface area contributed by atoms with Crippen LogP contribution in [-0.4, -0.2) is 4.98 Å². The molecule has 2 aliphatic rings. The molecule has 0 N–H and O–H groups in total. The number of furan rings is 3. The third kappa shape index (κ3) is 3.52. The summed E-state index contributed by atoms with van der Waals surface area (Å²) in [5.74, 6) is 2.30. The maximum atomic E-state index is 6.29. The van der Waals surface area contributed by atoms with Crippen molar-refractivity contribution < 1.29 is 13.3 Å². The van der Waals surface area contributed by atoms with Crippen molar-refractivity contribution in [3.63, 3.8) is 0 Å². The molecule has 2 unspecified atom stereocenters. The molecule has 0 saturated heterocycles. The second-order valence-electron chi connectivity index (χ2n) is 12.8. The smallest absolute Gasteiger partial charge is 0.135 e. The highest BCUT2D eigenvalue weighted by Crippen LogP contribution is 2.55. The Kier molecular flexibility index (Phi) is 4.71. The quantitative estimate of drug-likeness (QED) is 0.205. The lowest BCUT2D eigenvalue weighted by Crippen LogP contribution is -1.88. The first-order valence-corrected chi connectivity index (χ1v) is 15.8. The molecule has 11 rings (SSSR count). The standard InChI is InChI=1S/C42H25NO3/c1-2-4-36-30(3-1)32-16-23(5-10-37(32)44-36)24-6-11-38-33(17-24)34-18-25(7-12-39(34)45-38)28-15-29(22-43-21-28)26-8-13-40-35(19-26)42-31-20-27(31)9-14-41(42)46-40/h1-19,21-22,27,31H,20H2. The number of rotatable bonds is 3. The first-order chi connectivity index (χ1) is 22.7. The van der Waals surface area contributed by atoms with Gasteiger partial charge in [0.25, 0.3) is 0 Å². The molecular formula is C42H25NO3. The van der Waals surface area contributed by atoms with Gasteiger partial charge in [0.05, 0.1) is 0 Å². The van der Waals surface area contributed by atoms with E-state index in [1.54, 1.807) is 0 Å². The number of hydrogen-bond acceptors (Lipinski definition) is 4. The largest absolute Gasteiger partial charge is 0.456 e. The fraction of sp³-hybridized carbons (Fsp3) is 0.0714. The summed E-state index contributed by atoms with van der Waals surface area (Å²) in [7, 11) is 0. The van der Waals surface area contributed by atoms with Crippen LogP contribution in [0.3, 0.4) is 0 Å². The fourth-order valence-electron chi connectivity index (χ4n) is 7.59. The number of allylic oxidation sites excluding steroid dienone is 1. The summed E-state index contributed by atoms with van der Waals surface area (Å²) in [6.07, 6.45) is 9.58. The summed E-state index contributed by atoms with van der Waals surface area (Å²) in [6.45, 7) is 0. The van der Waals surface area contributed by atoms with E-state index in [0.29, 0.717) is 11.8 Å². The predicted octanol–water partition coefficient (Wildman–Crippen LogP) is 11.8. The Morgan fingerprint density at radius 1 is 0.478 bits per heavy atom. The van der Waals surface area contributed by atoms with Crippen LogP contribution >= 0.6 is 0 Å². The topological polar surface area (TPSA) is 52.3 Å². The number of para-hydroxylation sites is 1. The van der Waals surface area contributed by atoms with Gasteiger partial charge in [-0.2, -0.15) is 0 Å². The highest BCUT2D eigenvalue weighted by atomic mass is 16.3. The van der Waals surface area contributed by atoms with Gasteiger partial charge in [-0.25, -0.2) is 0 Å². The monoisotopic (exact) mass is 591 g/mol. The van der Waals surface area contributed by atoms with Gasteiger partial charge < -0.3 is 13.3 Å². The van der Waals surface area contributed by atoms with Crippen molar-refractivity contribution in [2.24, 2.45) is 5.92 Å². The molecule has 2 atom stereocenters. The average molecular weight is 592 g/mol. The molecule has 4 heterocycles. The molecule has 216 valence electrons. The van der Waals surface area contributed by atoms with Gasteiger partial charge in [0.15, 0.2) is 0 Å². The maximum absolute atomic E-state index is 6.29. The molecule has 4 heteroatoms. The number of hydrogen-bond donors (Lipinski definition) is 0. The van der Waals surface area contributed by atoms with Crippen LogP contribution in [0.15, 0.2) is 135 Å². The lowest BCUT2D eigenvalue weighted by atomic mass is 9.96. The molecule has 1 saturated carbocycles. The van der Waals surface area contributed by atoms with E-state index in [2.05, 4.69) is 108 Å². The first-order valence-electron chi connectivity index (χ1n) is 15.8. The Morgan fingerprint density at radius 2 is 1.00 bits per heavy atom. The SMILES string of the molecule is C1=CC2CC2c2c1oc1ccc(-c3cncc(-c4ccc5oc6ccc(-c7ccc8oc9ccccc9c8c7)cc6c5c4)c3)cc21. The summed E-state index contributed by atoms with van der Waals surface area (Å²) in [4.78, 5) is 4.68. The molecule has 0 amide bonds. The van der Waals surface area contributed by atoms with Gasteiger partial charge in [0, 0.05) is 56.0 Å². The molecule has 5 aromatic carbocycles. The van der Waals surface area contributed by atoms with Gasteiger partial charge in [0.2, 0.25) is 0 Å². The van der Waals surface area contributed by atoms with Crippen LogP contribution in [-0.2, 0) is 0 Å². The Hall–Kier alpha value is -5.87. The zero-order valence-electron chi connectivity index (χ0n) is 24.7. The van der Waals surface area contributed by atoms with E-state index in [-0.39, 0.29) is 0 Å². The number of aromatic nitrogens is 1. The zero-order chi connectivity index (χ0) is 29.9. The Labute approximate surface area is 263 Å². The summed E-state index contributed by atoms with van der Waals surface area (Å²) < 4.78 is 18.5. The van der Waals surface area contributed by atoms with E-state index in [0.717, 1.165) is 88.6 Å². The third-order valence-corrected chi connectivity index (χ3v) is 10.0. The molecule has 2 aliphatic carbocycles. The van der Waals surface area contributed by atoms with E-state index < -0.39 is 0 Å². The molecule has 9 aromatic rings. The number of pyridine rings is 1. The molecule has 0 radical (unpaired) electrons. The van der Waals surface area contributed by atoms with E-state index in [9.17, 15) is 0 Å². The molecule has 0 aliphatic heterocycles. The van der Waals surface area contributed by atoms with Crippen molar-refractivity contribution in [2.75, 3.05) is 0 Å². The van der Waals surface area contributed by atoms with E-state index in [4.69, 9.17) is 13.3 Å². The average Bonchev–Trinajstić information content (AvgIpc) is 3.48.